The number of hydrogen-bond donors (Lipinski definition) is 2. The number of nitrogens with one attached hydrogen (secondary N) is 2. The van der Waals surface area contributed by atoms with Crippen LogP contribution in [0.5, 0.6) is 0 Å². The van der Waals surface area contributed by atoms with E-state index in [1.54, 1.807) is 91.9 Å². The average molecular weight is 620 g/mol. The van der Waals surface area contributed by atoms with Crippen LogP contribution in [0, 0.1) is 6.92 Å². The Hall–Kier alpha value is -4.28. The molecule has 0 spiro atoms. The van der Waals surface area contributed by atoms with Crippen molar-refractivity contribution in [3.63, 3.8) is 0 Å². The van der Waals surface area contributed by atoms with Gasteiger partial charge in [0.2, 0.25) is 0 Å². The minimum Gasteiger partial charge on any atom is -0.322 e. The normalized spacial score (nSPS) is 11.5. The smallest absolute Gasteiger partial charge is 0.264 e. The van der Waals surface area contributed by atoms with E-state index in [4.69, 9.17) is 0 Å². The molecule has 0 unspecified atom stereocenters. The number of rotatable bonds is 9. The fourth-order valence-electron chi connectivity index (χ4n) is 3.78. The van der Waals surface area contributed by atoms with Crippen LogP contribution < -0.4 is 15.0 Å². The first-order chi connectivity index (χ1) is 19.1. The molecule has 0 aliphatic heterocycles. The van der Waals surface area contributed by atoms with Crippen LogP contribution in [0.25, 0.3) is 0 Å². The van der Waals surface area contributed by atoms with E-state index < -0.39 is 22.5 Å². The highest BCUT2D eigenvalue weighted by Gasteiger charge is 2.27. The van der Waals surface area contributed by atoms with Gasteiger partial charge < -0.3 is 5.32 Å². The van der Waals surface area contributed by atoms with Gasteiger partial charge in [0.1, 0.15) is 6.54 Å². The Balaban J connectivity index is 1.51. The second-order valence-electron chi connectivity index (χ2n) is 8.94. The highest BCUT2D eigenvalue weighted by Crippen LogP contribution is 2.26. The summed E-state index contributed by atoms with van der Waals surface area (Å²) in [7, 11) is -4.05. The summed E-state index contributed by atoms with van der Waals surface area (Å²) in [4.78, 5) is 25.5. The Morgan fingerprint density at radius 2 is 1.52 bits per heavy atom. The summed E-state index contributed by atoms with van der Waals surface area (Å²) in [5.41, 5.74) is 5.94. The van der Waals surface area contributed by atoms with E-state index in [-0.39, 0.29) is 10.8 Å². The van der Waals surface area contributed by atoms with Crippen LogP contribution in [0.1, 0.15) is 28.4 Å². The molecule has 4 rings (SSSR count). The largest absolute Gasteiger partial charge is 0.322 e. The van der Waals surface area contributed by atoms with E-state index in [1.807, 2.05) is 13.0 Å². The van der Waals surface area contributed by atoms with E-state index in [0.717, 1.165) is 9.87 Å². The van der Waals surface area contributed by atoms with Gasteiger partial charge in [0, 0.05) is 15.7 Å². The maximum absolute atomic E-state index is 13.5. The Morgan fingerprint density at radius 3 is 2.23 bits per heavy atom. The predicted octanol–water partition coefficient (Wildman–Crippen LogP) is 5.75. The maximum Gasteiger partial charge on any atom is 0.264 e. The summed E-state index contributed by atoms with van der Waals surface area (Å²) in [6.45, 7) is 3.08. The van der Waals surface area contributed by atoms with Crippen molar-refractivity contribution in [2.24, 2.45) is 5.10 Å². The number of carbonyl (C=O) groups excluding carboxylic acids is 2. The highest BCUT2D eigenvalue weighted by atomic mass is 79.9. The summed E-state index contributed by atoms with van der Waals surface area (Å²) in [5, 5.41) is 7.02. The molecule has 0 aromatic heterocycles. The lowest BCUT2D eigenvalue weighted by atomic mass is 10.1. The monoisotopic (exact) mass is 618 g/mol. The lowest BCUT2D eigenvalue weighted by Crippen LogP contribution is -2.39. The molecular weight excluding hydrogens is 592 g/mol. The van der Waals surface area contributed by atoms with E-state index in [2.05, 4.69) is 31.8 Å². The van der Waals surface area contributed by atoms with Crippen molar-refractivity contribution in [2.45, 2.75) is 18.7 Å². The fraction of sp³-hybridized carbons (Fsp3) is 0.100. The molecule has 0 saturated heterocycles. The van der Waals surface area contributed by atoms with E-state index in [1.165, 1.54) is 12.1 Å². The molecule has 10 heteroatoms. The van der Waals surface area contributed by atoms with Crippen molar-refractivity contribution in [1.29, 1.82) is 0 Å². The Bertz CT molecular complexity index is 1660. The van der Waals surface area contributed by atoms with E-state index >= 15 is 0 Å². The Labute approximate surface area is 241 Å². The summed E-state index contributed by atoms with van der Waals surface area (Å²) >= 11 is 3.37. The molecule has 2 N–H and O–H groups in total. The van der Waals surface area contributed by atoms with Crippen LogP contribution in [0.4, 0.5) is 11.4 Å². The minimum atomic E-state index is -4.05. The van der Waals surface area contributed by atoms with Gasteiger partial charge in [-0.2, -0.15) is 5.10 Å². The zero-order valence-corrected chi connectivity index (χ0v) is 24.2. The highest BCUT2D eigenvalue weighted by molar-refractivity contribution is 9.10. The van der Waals surface area contributed by atoms with Gasteiger partial charge in [-0.25, -0.2) is 13.8 Å². The van der Waals surface area contributed by atoms with Gasteiger partial charge >= 0.3 is 0 Å². The first-order valence-electron chi connectivity index (χ1n) is 12.3. The third kappa shape index (κ3) is 7.22. The molecule has 4 aromatic carbocycles. The van der Waals surface area contributed by atoms with Crippen molar-refractivity contribution in [3.05, 3.63) is 124 Å². The van der Waals surface area contributed by atoms with E-state index in [9.17, 15) is 18.0 Å². The lowest BCUT2D eigenvalue weighted by Gasteiger charge is -2.24. The molecule has 0 atom stereocenters. The third-order valence-corrected chi connectivity index (χ3v) is 8.20. The average Bonchev–Trinajstić information content (AvgIpc) is 2.95. The summed E-state index contributed by atoms with van der Waals surface area (Å²) < 4.78 is 28.8. The SMILES string of the molecule is C/C(=N/NC(=O)CN(c1cccc(Br)c1)S(=O)(=O)c1ccc(C)cc1)c1cccc(NC(=O)c2ccccc2)c1. The first-order valence-corrected chi connectivity index (χ1v) is 14.5. The number of nitrogens with zero attached hydrogens (tertiary/aromatic N) is 2. The Morgan fingerprint density at radius 1 is 0.850 bits per heavy atom. The number of hydrogen-bond acceptors (Lipinski definition) is 5. The van der Waals surface area contributed by atoms with Crippen LogP contribution in [-0.4, -0.2) is 32.5 Å². The number of hydrazone groups is 1. The first kappa shape index (κ1) is 28.7. The minimum absolute atomic E-state index is 0.0694. The molecule has 0 saturated carbocycles. The van der Waals surface area contributed by atoms with Crippen molar-refractivity contribution in [3.8, 4) is 0 Å². The number of amides is 2. The second kappa shape index (κ2) is 12.7. The van der Waals surface area contributed by atoms with Crippen LogP contribution in [0.15, 0.2) is 118 Å². The molecule has 8 nitrogen and oxygen atoms in total. The van der Waals surface area contributed by atoms with Gasteiger partial charge in [0.15, 0.2) is 0 Å². The zero-order valence-electron chi connectivity index (χ0n) is 21.8. The fourth-order valence-corrected chi connectivity index (χ4v) is 5.58. The molecule has 0 aliphatic carbocycles. The quantitative estimate of drug-likeness (QED) is 0.184. The van der Waals surface area contributed by atoms with Crippen LogP contribution in [-0.2, 0) is 14.8 Å². The third-order valence-electron chi connectivity index (χ3n) is 5.91. The zero-order chi connectivity index (χ0) is 28.7. The second-order valence-corrected chi connectivity index (χ2v) is 11.7. The van der Waals surface area contributed by atoms with Gasteiger partial charge in [0.25, 0.3) is 21.8 Å². The number of anilines is 2. The number of aryl methyl sites for hydroxylation is 1. The van der Waals surface area contributed by atoms with Gasteiger partial charge in [-0.1, -0.05) is 70.0 Å². The van der Waals surface area contributed by atoms with Crippen molar-refractivity contribution in [2.75, 3.05) is 16.2 Å². The lowest BCUT2D eigenvalue weighted by molar-refractivity contribution is -0.119. The van der Waals surface area contributed by atoms with Gasteiger partial charge in [-0.3, -0.25) is 13.9 Å². The molecule has 0 aliphatic rings. The number of carbonyl (C=O) groups is 2. The van der Waals surface area contributed by atoms with Crippen molar-refractivity contribution < 1.29 is 18.0 Å². The molecule has 0 bridgehead atoms. The molecule has 2 amide bonds. The number of benzene rings is 4. The maximum atomic E-state index is 13.5. The molecule has 40 heavy (non-hydrogen) atoms. The number of sulfonamides is 1. The van der Waals surface area contributed by atoms with Gasteiger partial charge in [-0.05, 0) is 74.0 Å². The van der Waals surface area contributed by atoms with Gasteiger partial charge in [-0.15, -0.1) is 0 Å². The summed E-state index contributed by atoms with van der Waals surface area (Å²) in [6, 6.07) is 29.0. The molecular formula is C30H27BrN4O4S. The molecule has 0 heterocycles. The standard InChI is InChI=1S/C30H27BrN4O4S/c1-21-14-16-28(17-15-21)40(38,39)35(27-13-7-11-25(31)19-27)20-29(36)34-33-22(2)24-10-6-12-26(18-24)32-30(37)23-8-4-3-5-9-23/h3-19H,20H2,1-2H3,(H,32,37)(H,34,36)/b33-22-. The van der Waals surface area contributed by atoms with Crippen LogP contribution in [0.2, 0.25) is 0 Å². The van der Waals surface area contributed by atoms with Crippen LogP contribution >= 0.6 is 15.9 Å². The van der Waals surface area contributed by atoms with Crippen molar-refractivity contribution in [1.82, 2.24) is 5.43 Å². The summed E-state index contributed by atoms with van der Waals surface area (Å²) in [5.74, 6) is -0.869. The van der Waals surface area contributed by atoms with E-state index in [0.29, 0.717) is 32.7 Å². The Kier molecular flexibility index (Phi) is 9.13. The number of halogens is 1. The molecule has 0 radical (unpaired) electrons. The molecule has 4 aromatic rings. The predicted molar refractivity (Wildman–Crippen MR) is 161 cm³/mol. The van der Waals surface area contributed by atoms with Crippen LogP contribution in [0.3, 0.4) is 0 Å². The molecule has 0 fully saturated rings. The molecule has 204 valence electrons. The van der Waals surface area contributed by atoms with Gasteiger partial charge in [0.05, 0.1) is 16.3 Å². The topological polar surface area (TPSA) is 108 Å². The summed E-state index contributed by atoms with van der Waals surface area (Å²) in [6.07, 6.45) is 0. The van der Waals surface area contributed by atoms with Crippen molar-refractivity contribution >= 4 is 54.9 Å².